The Hall–Kier alpha value is -4.52. The SMILES string of the molecule is O=C(OCc1coc(-c2ccccc2)n1)c1ccc2c(c1)C(=O)N(Cc1ccccc1)C2=O. The molecule has 2 heterocycles. The van der Waals surface area contributed by atoms with Gasteiger partial charge in [0.05, 0.1) is 23.2 Å². The highest BCUT2D eigenvalue weighted by Crippen LogP contribution is 2.26. The molecule has 1 aliphatic rings. The van der Waals surface area contributed by atoms with E-state index in [1.54, 1.807) is 0 Å². The summed E-state index contributed by atoms with van der Waals surface area (Å²) in [6.07, 6.45) is 1.43. The normalized spacial score (nSPS) is 12.7. The van der Waals surface area contributed by atoms with Gasteiger partial charge in [-0.1, -0.05) is 48.5 Å². The van der Waals surface area contributed by atoms with Crippen LogP contribution in [0.25, 0.3) is 11.5 Å². The van der Waals surface area contributed by atoms with Crippen LogP contribution in [0.3, 0.4) is 0 Å². The summed E-state index contributed by atoms with van der Waals surface area (Å²) in [4.78, 5) is 43.6. The van der Waals surface area contributed by atoms with Crippen LogP contribution in [-0.2, 0) is 17.9 Å². The predicted molar refractivity (Wildman–Crippen MR) is 118 cm³/mol. The molecule has 162 valence electrons. The predicted octanol–water partition coefficient (Wildman–Crippen LogP) is 4.49. The van der Waals surface area contributed by atoms with Gasteiger partial charge < -0.3 is 9.15 Å². The summed E-state index contributed by atoms with van der Waals surface area (Å²) in [6.45, 7) is 0.0855. The van der Waals surface area contributed by atoms with E-state index in [1.165, 1.54) is 29.4 Å². The third-order valence-corrected chi connectivity index (χ3v) is 5.31. The molecule has 0 bridgehead atoms. The maximum Gasteiger partial charge on any atom is 0.338 e. The van der Waals surface area contributed by atoms with Crippen LogP contribution in [0.15, 0.2) is 89.5 Å². The molecule has 0 N–H and O–H groups in total. The van der Waals surface area contributed by atoms with Crippen molar-refractivity contribution in [3.8, 4) is 11.5 Å². The Morgan fingerprint density at radius 2 is 1.58 bits per heavy atom. The first-order valence-corrected chi connectivity index (χ1v) is 10.3. The highest BCUT2D eigenvalue weighted by Gasteiger charge is 2.36. The van der Waals surface area contributed by atoms with Gasteiger partial charge in [0.15, 0.2) is 0 Å². The molecule has 0 spiro atoms. The molecule has 0 fully saturated rings. The molecule has 0 atom stereocenters. The van der Waals surface area contributed by atoms with Gasteiger partial charge >= 0.3 is 5.97 Å². The maximum atomic E-state index is 12.8. The minimum Gasteiger partial charge on any atom is -0.455 e. The number of hydrogen-bond donors (Lipinski definition) is 0. The molecule has 0 unspecified atom stereocenters. The second kappa shape index (κ2) is 8.55. The van der Waals surface area contributed by atoms with Crippen molar-refractivity contribution >= 4 is 17.8 Å². The fourth-order valence-electron chi connectivity index (χ4n) is 3.64. The summed E-state index contributed by atoms with van der Waals surface area (Å²) in [5, 5.41) is 0. The molecule has 7 nitrogen and oxygen atoms in total. The highest BCUT2D eigenvalue weighted by atomic mass is 16.5. The third kappa shape index (κ3) is 4.04. The fraction of sp³-hybridized carbons (Fsp3) is 0.0769. The Bertz CT molecular complexity index is 1350. The van der Waals surface area contributed by atoms with Gasteiger partial charge in [0, 0.05) is 5.56 Å². The van der Waals surface area contributed by atoms with Gasteiger partial charge in [0.2, 0.25) is 5.89 Å². The van der Waals surface area contributed by atoms with Crippen LogP contribution >= 0.6 is 0 Å². The number of benzene rings is 3. The number of oxazole rings is 1. The zero-order valence-corrected chi connectivity index (χ0v) is 17.4. The number of fused-ring (bicyclic) bond motifs is 1. The minimum absolute atomic E-state index is 0.0841. The van der Waals surface area contributed by atoms with E-state index in [-0.39, 0.29) is 35.7 Å². The standard InChI is InChI=1S/C26H18N2O5/c29-24-21-12-11-19(13-22(21)25(30)28(24)14-17-7-3-1-4-8-17)26(31)33-16-20-15-32-23(27-20)18-9-5-2-6-10-18/h1-13,15H,14,16H2. The number of imide groups is 1. The summed E-state index contributed by atoms with van der Waals surface area (Å²) < 4.78 is 10.8. The second-order valence-corrected chi connectivity index (χ2v) is 7.53. The summed E-state index contributed by atoms with van der Waals surface area (Å²) in [6, 6.07) is 23.0. The summed E-state index contributed by atoms with van der Waals surface area (Å²) in [7, 11) is 0. The van der Waals surface area contributed by atoms with Crippen LogP contribution in [0.2, 0.25) is 0 Å². The minimum atomic E-state index is -0.621. The monoisotopic (exact) mass is 438 g/mol. The Morgan fingerprint density at radius 3 is 2.33 bits per heavy atom. The Morgan fingerprint density at radius 1 is 0.879 bits per heavy atom. The molecule has 0 saturated carbocycles. The van der Waals surface area contributed by atoms with Gasteiger partial charge in [-0.2, -0.15) is 0 Å². The van der Waals surface area contributed by atoms with Crippen molar-refractivity contribution < 1.29 is 23.5 Å². The zero-order valence-electron chi connectivity index (χ0n) is 17.4. The van der Waals surface area contributed by atoms with Crippen molar-refractivity contribution in [3.63, 3.8) is 0 Å². The second-order valence-electron chi connectivity index (χ2n) is 7.53. The van der Waals surface area contributed by atoms with Crippen molar-refractivity contribution in [1.29, 1.82) is 0 Å². The lowest BCUT2D eigenvalue weighted by Gasteiger charge is -2.13. The van der Waals surface area contributed by atoms with Crippen LogP contribution in [0.5, 0.6) is 0 Å². The number of ether oxygens (including phenoxy) is 1. The molecule has 1 aromatic heterocycles. The van der Waals surface area contributed by atoms with Gasteiger partial charge in [-0.3, -0.25) is 14.5 Å². The van der Waals surface area contributed by atoms with Crippen LogP contribution in [0, 0.1) is 0 Å². The van der Waals surface area contributed by atoms with E-state index < -0.39 is 11.9 Å². The Kier molecular flexibility index (Phi) is 5.28. The molecule has 33 heavy (non-hydrogen) atoms. The number of aromatic nitrogens is 1. The molecule has 3 aromatic carbocycles. The zero-order chi connectivity index (χ0) is 22.8. The molecular weight excluding hydrogens is 420 g/mol. The Balaban J connectivity index is 1.27. The van der Waals surface area contributed by atoms with Gasteiger partial charge in [0.25, 0.3) is 11.8 Å². The van der Waals surface area contributed by atoms with Gasteiger partial charge in [-0.05, 0) is 35.9 Å². The lowest BCUT2D eigenvalue weighted by molar-refractivity contribution is 0.0467. The first kappa shape index (κ1) is 20.4. The number of amides is 2. The van der Waals surface area contributed by atoms with Crippen molar-refractivity contribution in [3.05, 3.63) is 113 Å². The van der Waals surface area contributed by atoms with E-state index in [0.717, 1.165) is 11.1 Å². The molecule has 7 heteroatoms. The lowest BCUT2D eigenvalue weighted by atomic mass is 10.1. The molecule has 1 aliphatic heterocycles. The van der Waals surface area contributed by atoms with E-state index in [4.69, 9.17) is 9.15 Å². The van der Waals surface area contributed by atoms with E-state index >= 15 is 0 Å². The third-order valence-electron chi connectivity index (χ3n) is 5.31. The van der Waals surface area contributed by atoms with Gasteiger partial charge in [-0.25, -0.2) is 9.78 Å². The number of esters is 1. The topological polar surface area (TPSA) is 89.7 Å². The quantitative estimate of drug-likeness (QED) is 0.325. The van der Waals surface area contributed by atoms with E-state index in [9.17, 15) is 14.4 Å². The van der Waals surface area contributed by atoms with Crippen LogP contribution in [0.1, 0.15) is 42.3 Å². The van der Waals surface area contributed by atoms with Gasteiger partial charge in [-0.15, -0.1) is 0 Å². The van der Waals surface area contributed by atoms with Crippen molar-refractivity contribution in [1.82, 2.24) is 9.88 Å². The number of carbonyl (C=O) groups is 3. The van der Waals surface area contributed by atoms with Gasteiger partial charge in [0.1, 0.15) is 18.6 Å². The number of hydrogen-bond acceptors (Lipinski definition) is 6. The van der Waals surface area contributed by atoms with E-state index in [0.29, 0.717) is 11.6 Å². The lowest BCUT2D eigenvalue weighted by Crippen LogP contribution is -2.29. The molecule has 2 amide bonds. The van der Waals surface area contributed by atoms with E-state index in [2.05, 4.69) is 4.98 Å². The number of nitrogens with zero attached hydrogens (tertiary/aromatic N) is 2. The molecule has 5 rings (SSSR count). The molecule has 0 aliphatic carbocycles. The average molecular weight is 438 g/mol. The van der Waals surface area contributed by atoms with E-state index in [1.807, 2.05) is 60.7 Å². The Labute approximate surface area is 189 Å². The maximum absolute atomic E-state index is 12.8. The largest absolute Gasteiger partial charge is 0.455 e. The first-order chi connectivity index (χ1) is 16.1. The van der Waals surface area contributed by atoms with Crippen LogP contribution in [-0.4, -0.2) is 27.7 Å². The summed E-state index contributed by atoms with van der Waals surface area (Å²) >= 11 is 0. The molecule has 4 aromatic rings. The van der Waals surface area contributed by atoms with Crippen molar-refractivity contribution in [2.45, 2.75) is 13.2 Å². The first-order valence-electron chi connectivity index (χ1n) is 10.3. The van der Waals surface area contributed by atoms with Crippen molar-refractivity contribution in [2.24, 2.45) is 0 Å². The number of rotatable bonds is 6. The van der Waals surface area contributed by atoms with Crippen LogP contribution < -0.4 is 0 Å². The summed E-state index contributed by atoms with van der Waals surface area (Å²) in [5.41, 5.74) is 2.77. The smallest absolute Gasteiger partial charge is 0.338 e. The summed E-state index contributed by atoms with van der Waals surface area (Å²) in [5.74, 6) is -1.00. The fourth-order valence-corrected chi connectivity index (χ4v) is 3.64. The van der Waals surface area contributed by atoms with Crippen molar-refractivity contribution in [2.75, 3.05) is 0 Å². The molecule has 0 radical (unpaired) electrons. The number of carbonyl (C=O) groups excluding carboxylic acids is 3. The highest BCUT2D eigenvalue weighted by molar-refractivity contribution is 6.21. The average Bonchev–Trinajstić information content (AvgIpc) is 3.43. The molecule has 0 saturated heterocycles. The molecular formula is C26H18N2O5. The van der Waals surface area contributed by atoms with Crippen LogP contribution in [0.4, 0.5) is 0 Å².